The first kappa shape index (κ1) is 12.0. The van der Waals surface area contributed by atoms with Crippen LogP contribution in [0.3, 0.4) is 0 Å². The fourth-order valence-corrected chi connectivity index (χ4v) is 4.15. The molecule has 0 aliphatic carbocycles. The molecule has 4 unspecified atom stereocenters. The van der Waals surface area contributed by atoms with Crippen molar-refractivity contribution in [2.75, 3.05) is 11.4 Å². The molecule has 4 rings (SSSR count). The molecule has 1 aromatic carbocycles. The summed E-state index contributed by atoms with van der Waals surface area (Å²) in [6, 6.07) is 9.53. The van der Waals surface area contributed by atoms with Crippen LogP contribution in [0, 0.1) is 6.92 Å². The van der Waals surface area contributed by atoms with E-state index in [0.717, 1.165) is 6.04 Å². The Morgan fingerprint density at radius 2 is 1.94 bits per heavy atom. The minimum atomic E-state index is 0.333. The SMILES string of the molecule is Cc1ccccc1N1C(C)N2CCC1(C)CC2C. The standard InChI is InChI=1S/C16H24N2/c1-12-7-5-6-8-15(12)18-14(3)17-10-9-16(18,4)11-13(17)2/h5-8,13-14H,9-11H2,1-4H3. The molecular weight excluding hydrogens is 220 g/mol. The fraction of sp³-hybridized carbons (Fsp3) is 0.625. The Morgan fingerprint density at radius 3 is 2.56 bits per heavy atom. The zero-order valence-electron chi connectivity index (χ0n) is 12.0. The monoisotopic (exact) mass is 244 g/mol. The van der Waals surface area contributed by atoms with Crippen molar-refractivity contribution in [1.29, 1.82) is 0 Å². The van der Waals surface area contributed by atoms with Gasteiger partial charge in [0.15, 0.2) is 0 Å². The van der Waals surface area contributed by atoms with Crippen molar-refractivity contribution < 1.29 is 0 Å². The molecule has 4 atom stereocenters. The lowest BCUT2D eigenvalue weighted by molar-refractivity contribution is 0.00477. The highest BCUT2D eigenvalue weighted by molar-refractivity contribution is 5.57. The molecule has 3 saturated heterocycles. The first-order valence-electron chi connectivity index (χ1n) is 7.14. The van der Waals surface area contributed by atoms with Gasteiger partial charge >= 0.3 is 0 Å². The van der Waals surface area contributed by atoms with Crippen molar-refractivity contribution in [3.8, 4) is 0 Å². The van der Waals surface area contributed by atoms with Crippen LogP contribution in [-0.2, 0) is 0 Å². The van der Waals surface area contributed by atoms with Gasteiger partial charge in [0.1, 0.15) is 0 Å². The summed E-state index contributed by atoms with van der Waals surface area (Å²) >= 11 is 0. The van der Waals surface area contributed by atoms with Crippen molar-refractivity contribution in [3.05, 3.63) is 29.8 Å². The molecule has 3 aliphatic heterocycles. The highest BCUT2D eigenvalue weighted by Gasteiger charge is 2.49. The number of piperidine rings is 1. The number of aryl methyl sites for hydroxylation is 1. The number of benzene rings is 1. The van der Waals surface area contributed by atoms with E-state index in [2.05, 4.69) is 61.8 Å². The molecular formula is C16H24N2. The molecule has 98 valence electrons. The Bertz CT molecular complexity index is 456. The van der Waals surface area contributed by atoms with Crippen LogP contribution < -0.4 is 4.90 Å². The third-order valence-corrected chi connectivity index (χ3v) is 5.02. The quantitative estimate of drug-likeness (QED) is 0.747. The number of anilines is 1. The van der Waals surface area contributed by atoms with Crippen LogP contribution in [0.4, 0.5) is 5.69 Å². The van der Waals surface area contributed by atoms with Gasteiger partial charge in [0, 0.05) is 23.8 Å². The maximum Gasteiger partial charge on any atom is 0.0800 e. The van der Waals surface area contributed by atoms with E-state index in [1.54, 1.807) is 0 Å². The molecule has 0 N–H and O–H groups in total. The Balaban J connectivity index is 2.05. The minimum Gasteiger partial charge on any atom is -0.350 e. The number of hydrogen-bond acceptors (Lipinski definition) is 2. The van der Waals surface area contributed by atoms with Gasteiger partial charge in [-0.05, 0) is 52.2 Å². The molecule has 0 saturated carbocycles. The van der Waals surface area contributed by atoms with E-state index in [4.69, 9.17) is 0 Å². The second kappa shape index (κ2) is 3.99. The lowest BCUT2D eigenvalue weighted by Gasteiger charge is -2.62. The first-order chi connectivity index (χ1) is 8.53. The van der Waals surface area contributed by atoms with Gasteiger partial charge in [0.25, 0.3) is 0 Å². The van der Waals surface area contributed by atoms with Crippen molar-refractivity contribution in [2.24, 2.45) is 0 Å². The van der Waals surface area contributed by atoms with Crippen LogP contribution >= 0.6 is 0 Å². The van der Waals surface area contributed by atoms with E-state index >= 15 is 0 Å². The molecule has 3 aliphatic rings. The number of rotatable bonds is 1. The molecule has 1 aromatic rings. The van der Waals surface area contributed by atoms with Crippen LogP contribution in [0.5, 0.6) is 0 Å². The van der Waals surface area contributed by atoms with Crippen molar-refractivity contribution in [2.45, 2.75) is 58.3 Å². The lowest BCUT2D eigenvalue weighted by Crippen LogP contribution is -2.71. The van der Waals surface area contributed by atoms with Crippen LogP contribution in [0.15, 0.2) is 24.3 Å². The minimum absolute atomic E-state index is 0.333. The summed E-state index contributed by atoms with van der Waals surface area (Å²) in [6.07, 6.45) is 3.09. The smallest absolute Gasteiger partial charge is 0.0800 e. The van der Waals surface area contributed by atoms with Crippen LogP contribution in [0.2, 0.25) is 0 Å². The summed E-state index contributed by atoms with van der Waals surface area (Å²) in [4.78, 5) is 5.31. The molecule has 0 spiro atoms. The van der Waals surface area contributed by atoms with Gasteiger partial charge in [0.05, 0.1) is 6.17 Å². The predicted molar refractivity (Wildman–Crippen MR) is 76.9 cm³/mol. The number of nitrogens with zero attached hydrogens (tertiary/aromatic N) is 2. The summed E-state index contributed by atoms with van der Waals surface area (Å²) in [5, 5.41) is 0. The first-order valence-corrected chi connectivity index (χ1v) is 7.14. The normalized spacial score (nSPS) is 39.1. The van der Waals surface area contributed by atoms with Crippen LogP contribution in [0.1, 0.15) is 39.2 Å². The molecule has 0 amide bonds. The Morgan fingerprint density at radius 1 is 1.22 bits per heavy atom. The van der Waals surface area contributed by atoms with Crippen LogP contribution in [-0.4, -0.2) is 29.2 Å². The number of hydrogen-bond donors (Lipinski definition) is 0. The van der Waals surface area contributed by atoms with Gasteiger partial charge in [-0.3, -0.25) is 4.90 Å². The summed E-state index contributed by atoms with van der Waals surface area (Å²) in [5.74, 6) is 0. The lowest BCUT2D eigenvalue weighted by atomic mass is 9.79. The molecule has 2 bridgehead atoms. The summed E-state index contributed by atoms with van der Waals surface area (Å²) < 4.78 is 0. The van der Waals surface area contributed by atoms with E-state index in [1.165, 1.54) is 30.6 Å². The summed E-state index contributed by atoms with van der Waals surface area (Å²) in [6.45, 7) is 10.7. The average Bonchev–Trinajstić information content (AvgIpc) is 2.30. The van der Waals surface area contributed by atoms with E-state index in [-0.39, 0.29) is 0 Å². The number of fused-ring (bicyclic) bond motifs is 3. The molecule has 0 aromatic heterocycles. The van der Waals surface area contributed by atoms with Gasteiger partial charge in [-0.1, -0.05) is 18.2 Å². The predicted octanol–water partition coefficient (Wildman–Crippen LogP) is 3.40. The highest BCUT2D eigenvalue weighted by Crippen LogP contribution is 2.44. The van der Waals surface area contributed by atoms with Gasteiger partial charge < -0.3 is 4.90 Å². The topological polar surface area (TPSA) is 6.48 Å². The molecule has 2 heteroatoms. The second-order valence-corrected chi connectivity index (χ2v) is 6.33. The third kappa shape index (κ3) is 1.58. The maximum atomic E-state index is 2.66. The average molecular weight is 244 g/mol. The molecule has 2 nitrogen and oxygen atoms in total. The number of para-hydroxylation sites is 1. The van der Waals surface area contributed by atoms with Gasteiger partial charge in [-0.2, -0.15) is 0 Å². The third-order valence-electron chi connectivity index (χ3n) is 5.02. The molecule has 18 heavy (non-hydrogen) atoms. The zero-order valence-corrected chi connectivity index (χ0v) is 12.0. The van der Waals surface area contributed by atoms with E-state index < -0.39 is 0 Å². The van der Waals surface area contributed by atoms with Crippen molar-refractivity contribution in [1.82, 2.24) is 4.90 Å². The molecule has 3 heterocycles. The highest BCUT2D eigenvalue weighted by atomic mass is 15.4. The Labute approximate surface area is 111 Å². The van der Waals surface area contributed by atoms with Gasteiger partial charge in [-0.15, -0.1) is 0 Å². The summed E-state index contributed by atoms with van der Waals surface area (Å²) in [5.41, 5.74) is 3.15. The molecule has 0 radical (unpaired) electrons. The van der Waals surface area contributed by atoms with Gasteiger partial charge in [0.2, 0.25) is 0 Å². The van der Waals surface area contributed by atoms with E-state index in [0.29, 0.717) is 11.7 Å². The van der Waals surface area contributed by atoms with Gasteiger partial charge in [-0.25, -0.2) is 0 Å². The Kier molecular flexibility index (Phi) is 2.67. The second-order valence-electron chi connectivity index (χ2n) is 6.33. The summed E-state index contributed by atoms with van der Waals surface area (Å²) in [7, 11) is 0. The van der Waals surface area contributed by atoms with Crippen LogP contribution in [0.25, 0.3) is 0 Å². The van der Waals surface area contributed by atoms with Crippen molar-refractivity contribution >= 4 is 5.69 Å². The largest absolute Gasteiger partial charge is 0.350 e. The van der Waals surface area contributed by atoms with E-state index in [9.17, 15) is 0 Å². The Hall–Kier alpha value is -1.02. The maximum absolute atomic E-state index is 2.66. The van der Waals surface area contributed by atoms with Crippen molar-refractivity contribution in [3.63, 3.8) is 0 Å². The molecule has 3 fully saturated rings. The fourth-order valence-electron chi connectivity index (χ4n) is 4.15. The van der Waals surface area contributed by atoms with E-state index in [1.807, 2.05) is 0 Å². The zero-order chi connectivity index (χ0) is 12.9.